The molecule has 1 fully saturated rings. The number of aromatic amines is 1. The van der Waals surface area contributed by atoms with Crippen LogP contribution >= 0.6 is 11.3 Å². The first-order valence-corrected chi connectivity index (χ1v) is 8.67. The molecule has 2 aromatic heterocycles. The zero-order valence-electron chi connectivity index (χ0n) is 13.5. The Kier molecular flexibility index (Phi) is 5.09. The number of nitrogens with one attached hydrogen (secondary N) is 2. The molecule has 0 radical (unpaired) electrons. The average Bonchev–Trinajstić information content (AvgIpc) is 3.22. The van der Waals surface area contributed by atoms with Crippen molar-refractivity contribution in [3.63, 3.8) is 0 Å². The second-order valence-electron chi connectivity index (χ2n) is 5.78. The Hall–Kier alpha value is -1.70. The molecule has 1 aliphatic heterocycles. The maximum atomic E-state index is 12.2. The van der Waals surface area contributed by atoms with Gasteiger partial charge in [-0.15, -0.1) is 11.3 Å². The Morgan fingerprint density at radius 3 is 2.96 bits per heavy atom. The number of aryl methyl sites for hydroxylation is 1. The van der Waals surface area contributed by atoms with E-state index in [2.05, 4.69) is 40.3 Å². The van der Waals surface area contributed by atoms with Gasteiger partial charge in [-0.05, 0) is 32.0 Å². The summed E-state index contributed by atoms with van der Waals surface area (Å²) in [5, 5.41) is 10.0. The summed E-state index contributed by atoms with van der Waals surface area (Å²) in [6.45, 7) is 8.16. The molecule has 3 heterocycles. The lowest BCUT2D eigenvalue weighted by Crippen LogP contribution is -2.47. The van der Waals surface area contributed by atoms with Crippen molar-refractivity contribution in [3.8, 4) is 10.6 Å². The van der Waals surface area contributed by atoms with Crippen molar-refractivity contribution in [2.75, 3.05) is 32.8 Å². The van der Waals surface area contributed by atoms with Crippen LogP contribution in [0.3, 0.4) is 0 Å². The van der Waals surface area contributed by atoms with Crippen molar-refractivity contribution in [1.82, 2.24) is 20.4 Å². The third kappa shape index (κ3) is 3.99. The van der Waals surface area contributed by atoms with Crippen molar-refractivity contribution in [3.05, 3.63) is 28.8 Å². The van der Waals surface area contributed by atoms with E-state index in [-0.39, 0.29) is 5.91 Å². The van der Waals surface area contributed by atoms with E-state index in [9.17, 15) is 4.79 Å². The summed E-state index contributed by atoms with van der Waals surface area (Å²) in [4.78, 5) is 16.9. The number of amides is 1. The number of thiophene rings is 1. The van der Waals surface area contributed by atoms with Gasteiger partial charge in [-0.1, -0.05) is 0 Å². The van der Waals surface area contributed by atoms with Gasteiger partial charge in [0.15, 0.2) is 5.69 Å². The van der Waals surface area contributed by atoms with E-state index >= 15 is 0 Å². The minimum atomic E-state index is -0.138. The monoisotopic (exact) mass is 334 g/mol. The number of ether oxygens (including phenoxy) is 1. The highest BCUT2D eigenvalue weighted by Crippen LogP contribution is 2.26. The van der Waals surface area contributed by atoms with Crippen LogP contribution < -0.4 is 5.32 Å². The number of aromatic nitrogens is 2. The Labute approximate surface area is 139 Å². The van der Waals surface area contributed by atoms with Crippen LogP contribution in [0, 0.1) is 6.92 Å². The highest BCUT2D eigenvalue weighted by atomic mass is 32.1. The van der Waals surface area contributed by atoms with Crippen LogP contribution in [0.25, 0.3) is 10.6 Å². The molecule has 1 aliphatic rings. The second kappa shape index (κ2) is 7.25. The first-order valence-electron chi connectivity index (χ1n) is 7.85. The van der Waals surface area contributed by atoms with Gasteiger partial charge in [-0.2, -0.15) is 5.10 Å². The Balaban J connectivity index is 1.55. The van der Waals surface area contributed by atoms with Crippen molar-refractivity contribution < 1.29 is 9.53 Å². The summed E-state index contributed by atoms with van der Waals surface area (Å²) in [7, 11) is 0. The third-order valence-electron chi connectivity index (χ3n) is 4.04. The molecule has 2 N–H and O–H groups in total. The fourth-order valence-electron chi connectivity index (χ4n) is 2.62. The number of rotatable bonds is 5. The van der Waals surface area contributed by atoms with Gasteiger partial charge in [-0.3, -0.25) is 14.8 Å². The molecular weight excluding hydrogens is 312 g/mol. The zero-order valence-corrected chi connectivity index (χ0v) is 14.3. The minimum absolute atomic E-state index is 0.138. The molecule has 1 atom stereocenters. The molecule has 3 rings (SSSR count). The molecule has 23 heavy (non-hydrogen) atoms. The lowest BCUT2D eigenvalue weighted by atomic mass is 10.2. The maximum absolute atomic E-state index is 12.2. The Morgan fingerprint density at radius 1 is 1.48 bits per heavy atom. The van der Waals surface area contributed by atoms with Crippen LogP contribution in [0.2, 0.25) is 0 Å². The normalized spacial score (nSPS) is 17.1. The summed E-state index contributed by atoms with van der Waals surface area (Å²) in [6, 6.07) is 6.20. The van der Waals surface area contributed by atoms with Gasteiger partial charge in [0.1, 0.15) is 0 Å². The maximum Gasteiger partial charge on any atom is 0.271 e. The predicted octanol–water partition coefficient (Wildman–Crippen LogP) is 1.90. The second-order valence-corrected chi connectivity index (χ2v) is 7.07. The lowest BCUT2D eigenvalue weighted by Gasteiger charge is -2.32. The molecule has 1 saturated heterocycles. The van der Waals surface area contributed by atoms with Gasteiger partial charge in [0.05, 0.1) is 23.8 Å². The standard InChI is InChI=1S/C16H22N4O2S/c1-11(20-5-7-22-8-6-20)10-17-16(21)14-9-13(18-19-14)15-4-3-12(2)23-15/h3-4,9,11H,5-8,10H2,1-2H3,(H,17,21)(H,18,19)/t11-/m0/s1. The summed E-state index contributed by atoms with van der Waals surface area (Å²) in [6.07, 6.45) is 0. The van der Waals surface area contributed by atoms with Gasteiger partial charge < -0.3 is 10.1 Å². The fraction of sp³-hybridized carbons (Fsp3) is 0.500. The van der Waals surface area contributed by atoms with Crippen LogP contribution in [0.15, 0.2) is 18.2 Å². The molecule has 7 heteroatoms. The van der Waals surface area contributed by atoms with Gasteiger partial charge in [0.2, 0.25) is 0 Å². The van der Waals surface area contributed by atoms with E-state index in [0.717, 1.165) is 36.9 Å². The molecule has 0 bridgehead atoms. The van der Waals surface area contributed by atoms with Crippen LogP contribution in [-0.2, 0) is 4.74 Å². The lowest BCUT2D eigenvalue weighted by molar-refractivity contribution is 0.0204. The van der Waals surface area contributed by atoms with Gasteiger partial charge in [-0.25, -0.2) is 0 Å². The SMILES string of the molecule is Cc1ccc(-c2cc(C(=O)NC[C@H](C)N3CCOCC3)n[nH]2)s1. The third-order valence-corrected chi connectivity index (χ3v) is 5.08. The van der Waals surface area contributed by atoms with Crippen LogP contribution in [0.5, 0.6) is 0 Å². The summed E-state index contributed by atoms with van der Waals surface area (Å²) >= 11 is 1.68. The number of hydrogen-bond acceptors (Lipinski definition) is 5. The Bertz CT molecular complexity index is 661. The van der Waals surface area contributed by atoms with Crippen molar-refractivity contribution in [2.24, 2.45) is 0 Å². The van der Waals surface area contributed by atoms with Crippen LogP contribution in [0.1, 0.15) is 22.3 Å². The molecule has 0 aromatic carbocycles. The number of morpholine rings is 1. The molecule has 0 unspecified atom stereocenters. The number of nitrogens with zero attached hydrogens (tertiary/aromatic N) is 2. The summed E-state index contributed by atoms with van der Waals surface area (Å²) in [5.41, 5.74) is 1.31. The molecule has 0 spiro atoms. The number of carbonyl (C=O) groups is 1. The zero-order chi connectivity index (χ0) is 16.2. The summed E-state index contributed by atoms with van der Waals surface area (Å²) < 4.78 is 5.35. The van der Waals surface area contributed by atoms with Gasteiger partial charge in [0.25, 0.3) is 5.91 Å². The van der Waals surface area contributed by atoms with Crippen molar-refractivity contribution in [1.29, 1.82) is 0 Å². The first kappa shape index (κ1) is 16.2. The van der Waals surface area contributed by atoms with Crippen LogP contribution in [-0.4, -0.2) is 59.9 Å². The largest absolute Gasteiger partial charge is 0.379 e. The van der Waals surface area contributed by atoms with E-state index in [1.807, 2.05) is 6.07 Å². The average molecular weight is 334 g/mol. The van der Waals surface area contributed by atoms with E-state index in [1.165, 1.54) is 4.88 Å². The van der Waals surface area contributed by atoms with Crippen molar-refractivity contribution >= 4 is 17.2 Å². The molecule has 124 valence electrons. The number of hydrogen-bond donors (Lipinski definition) is 2. The predicted molar refractivity (Wildman–Crippen MR) is 90.8 cm³/mol. The van der Waals surface area contributed by atoms with Crippen LogP contribution in [0.4, 0.5) is 0 Å². The van der Waals surface area contributed by atoms with Gasteiger partial charge in [0, 0.05) is 30.6 Å². The van der Waals surface area contributed by atoms with Crippen molar-refractivity contribution in [2.45, 2.75) is 19.9 Å². The quantitative estimate of drug-likeness (QED) is 0.876. The molecular formula is C16H22N4O2S. The smallest absolute Gasteiger partial charge is 0.271 e. The number of H-pyrrole nitrogens is 1. The highest BCUT2D eigenvalue weighted by molar-refractivity contribution is 7.15. The highest BCUT2D eigenvalue weighted by Gasteiger charge is 2.18. The first-order chi connectivity index (χ1) is 11.1. The molecule has 0 saturated carbocycles. The van der Waals surface area contributed by atoms with E-state index < -0.39 is 0 Å². The topological polar surface area (TPSA) is 70.2 Å². The molecule has 2 aromatic rings. The Morgan fingerprint density at radius 2 is 2.26 bits per heavy atom. The van der Waals surface area contributed by atoms with E-state index in [1.54, 1.807) is 17.4 Å². The number of carbonyl (C=O) groups excluding carboxylic acids is 1. The molecule has 6 nitrogen and oxygen atoms in total. The van der Waals surface area contributed by atoms with E-state index in [4.69, 9.17) is 4.74 Å². The summed E-state index contributed by atoms with van der Waals surface area (Å²) in [5.74, 6) is -0.138. The molecule has 1 amide bonds. The molecule has 0 aliphatic carbocycles. The van der Waals surface area contributed by atoms with E-state index in [0.29, 0.717) is 18.3 Å². The minimum Gasteiger partial charge on any atom is -0.379 e. The fourth-order valence-corrected chi connectivity index (χ4v) is 3.46. The van der Waals surface area contributed by atoms with Gasteiger partial charge >= 0.3 is 0 Å².